The summed E-state index contributed by atoms with van der Waals surface area (Å²) in [6, 6.07) is 7.38. The number of aromatic nitrogens is 2. The quantitative estimate of drug-likeness (QED) is 0.936. The molecule has 1 saturated heterocycles. The molecular formula is C14H18F2N4. The Morgan fingerprint density at radius 3 is 2.95 bits per heavy atom. The van der Waals surface area contributed by atoms with Crippen LogP contribution in [0.5, 0.6) is 0 Å². The Morgan fingerprint density at radius 2 is 2.20 bits per heavy atom. The molecule has 0 amide bonds. The standard InChI is InChI=1S/C14H18F2N4/c1-10-8-17-6-7-19(10)9-13-18-11-4-2-3-5-12(11)20(13)14(15)16/h2-5,10,14,17H,6-9H2,1H3/t10-/m1/s1. The van der Waals surface area contributed by atoms with Gasteiger partial charge in [0.2, 0.25) is 0 Å². The normalized spacial score (nSPS) is 20.9. The van der Waals surface area contributed by atoms with Crippen LogP contribution in [0, 0.1) is 0 Å². The molecule has 1 atom stereocenters. The first kappa shape index (κ1) is 13.5. The third-order valence-electron chi connectivity index (χ3n) is 3.85. The molecule has 0 unspecified atom stereocenters. The smallest absolute Gasteiger partial charge is 0.314 e. The second-order valence-electron chi connectivity index (χ2n) is 5.19. The zero-order valence-electron chi connectivity index (χ0n) is 11.4. The van der Waals surface area contributed by atoms with E-state index in [1.807, 2.05) is 6.07 Å². The fourth-order valence-electron chi connectivity index (χ4n) is 2.72. The van der Waals surface area contributed by atoms with E-state index in [0.29, 0.717) is 29.4 Å². The molecule has 3 rings (SSSR count). The number of nitrogens with one attached hydrogen (secondary N) is 1. The fraction of sp³-hybridized carbons (Fsp3) is 0.500. The van der Waals surface area contributed by atoms with Gasteiger partial charge in [0.25, 0.3) is 0 Å². The van der Waals surface area contributed by atoms with Crippen LogP contribution in [0.25, 0.3) is 11.0 Å². The van der Waals surface area contributed by atoms with Gasteiger partial charge in [-0.15, -0.1) is 0 Å². The molecule has 1 aromatic heterocycles. The maximum absolute atomic E-state index is 13.3. The molecule has 108 valence electrons. The highest BCUT2D eigenvalue weighted by Gasteiger charge is 2.23. The van der Waals surface area contributed by atoms with Crippen LogP contribution < -0.4 is 5.32 Å². The minimum atomic E-state index is -2.56. The number of benzene rings is 1. The van der Waals surface area contributed by atoms with Crippen LogP contribution in [0.15, 0.2) is 24.3 Å². The van der Waals surface area contributed by atoms with E-state index in [1.54, 1.807) is 18.2 Å². The number of piperazine rings is 1. The summed E-state index contributed by atoms with van der Waals surface area (Å²) in [5, 5.41) is 3.30. The lowest BCUT2D eigenvalue weighted by Crippen LogP contribution is -2.49. The second kappa shape index (κ2) is 5.46. The topological polar surface area (TPSA) is 33.1 Å². The fourth-order valence-corrected chi connectivity index (χ4v) is 2.72. The van der Waals surface area contributed by atoms with Crippen molar-refractivity contribution in [2.75, 3.05) is 19.6 Å². The highest BCUT2D eigenvalue weighted by Crippen LogP contribution is 2.24. The summed E-state index contributed by atoms with van der Waals surface area (Å²) >= 11 is 0. The molecule has 0 saturated carbocycles. The van der Waals surface area contributed by atoms with Crippen LogP contribution in [0.3, 0.4) is 0 Å². The van der Waals surface area contributed by atoms with E-state index in [4.69, 9.17) is 0 Å². The maximum Gasteiger partial charge on any atom is 0.320 e. The summed E-state index contributed by atoms with van der Waals surface area (Å²) in [6.07, 6.45) is 0. The van der Waals surface area contributed by atoms with Crippen molar-refractivity contribution < 1.29 is 8.78 Å². The molecule has 6 heteroatoms. The summed E-state index contributed by atoms with van der Waals surface area (Å²) in [4.78, 5) is 6.57. The van der Waals surface area contributed by atoms with E-state index >= 15 is 0 Å². The number of nitrogens with zero attached hydrogens (tertiary/aromatic N) is 3. The van der Waals surface area contributed by atoms with Gasteiger partial charge in [-0.25, -0.2) is 4.98 Å². The molecule has 1 aliphatic rings. The van der Waals surface area contributed by atoms with Crippen molar-refractivity contribution in [2.45, 2.75) is 26.1 Å². The van der Waals surface area contributed by atoms with Gasteiger partial charge in [-0.3, -0.25) is 9.47 Å². The zero-order valence-corrected chi connectivity index (χ0v) is 11.4. The summed E-state index contributed by atoms with van der Waals surface area (Å²) < 4.78 is 27.7. The molecule has 0 spiro atoms. The SMILES string of the molecule is C[C@@H]1CNCCN1Cc1nc2ccccc2n1C(F)F. The molecular weight excluding hydrogens is 262 g/mol. The van der Waals surface area contributed by atoms with E-state index in [1.165, 1.54) is 0 Å². The number of hydrogen-bond donors (Lipinski definition) is 1. The van der Waals surface area contributed by atoms with Gasteiger partial charge >= 0.3 is 6.55 Å². The minimum absolute atomic E-state index is 0.328. The molecule has 4 nitrogen and oxygen atoms in total. The van der Waals surface area contributed by atoms with Crippen LogP contribution >= 0.6 is 0 Å². The van der Waals surface area contributed by atoms with Crippen molar-refractivity contribution in [2.24, 2.45) is 0 Å². The van der Waals surface area contributed by atoms with Crippen molar-refractivity contribution in [1.82, 2.24) is 19.8 Å². The van der Waals surface area contributed by atoms with Gasteiger partial charge < -0.3 is 5.32 Å². The van der Waals surface area contributed by atoms with E-state index in [9.17, 15) is 8.78 Å². The third-order valence-corrected chi connectivity index (χ3v) is 3.85. The van der Waals surface area contributed by atoms with Gasteiger partial charge in [-0.2, -0.15) is 8.78 Å². The molecule has 0 aliphatic carbocycles. The number of halogens is 2. The molecule has 1 aliphatic heterocycles. The monoisotopic (exact) mass is 280 g/mol. The molecule has 0 radical (unpaired) electrons. The number of hydrogen-bond acceptors (Lipinski definition) is 3. The lowest BCUT2D eigenvalue weighted by atomic mass is 10.2. The third kappa shape index (κ3) is 2.41. The van der Waals surface area contributed by atoms with Crippen LogP contribution in [-0.4, -0.2) is 40.1 Å². The lowest BCUT2D eigenvalue weighted by molar-refractivity contribution is 0.0655. The van der Waals surface area contributed by atoms with Gasteiger partial charge in [0, 0.05) is 25.7 Å². The van der Waals surface area contributed by atoms with Gasteiger partial charge in [0.05, 0.1) is 17.6 Å². The van der Waals surface area contributed by atoms with Gasteiger partial charge in [0.1, 0.15) is 5.82 Å². The highest BCUT2D eigenvalue weighted by molar-refractivity contribution is 5.75. The predicted molar refractivity (Wildman–Crippen MR) is 73.7 cm³/mol. The van der Waals surface area contributed by atoms with Crippen LogP contribution in [0.2, 0.25) is 0 Å². The zero-order chi connectivity index (χ0) is 14.1. The van der Waals surface area contributed by atoms with Gasteiger partial charge in [0.15, 0.2) is 0 Å². The Hall–Kier alpha value is -1.53. The molecule has 1 aromatic carbocycles. The van der Waals surface area contributed by atoms with Crippen LogP contribution in [0.4, 0.5) is 8.78 Å². The van der Waals surface area contributed by atoms with Crippen LogP contribution in [-0.2, 0) is 6.54 Å². The van der Waals surface area contributed by atoms with Crippen molar-refractivity contribution >= 4 is 11.0 Å². The number of para-hydroxylation sites is 2. The van der Waals surface area contributed by atoms with Gasteiger partial charge in [-0.1, -0.05) is 12.1 Å². The van der Waals surface area contributed by atoms with E-state index < -0.39 is 6.55 Å². The summed E-state index contributed by atoms with van der Waals surface area (Å²) in [7, 11) is 0. The Kier molecular flexibility index (Phi) is 3.67. The van der Waals surface area contributed by atoms with Gasteiger partial charge in [-0.05, 0) is 19.1 Å². The first-order valence-corrected chi connectivity index (χ1v) is 6.85. The first-order chi connectivity index (χ1) is 9.66. The molecule has 1 fully saturated rings. The molecule has 1 N–H and O–H groups in total. The molecule has 2 heterocycles. The van der Waals surface area contributed by atoms with E-state index in [2.05, 4.69) is 22.1 Å². The molecule has 0 bridgehead atoms. The summed E-state index contributed by atoms with van der Waals surface area (Å²) in [5.74, 6) is 0.440. The summed E-state index contributed by atoms with van der Waals surface area (Å²) in [5.41, 5.74) is 1.13. The predicted octanol–water partition coefficient (Wildman–Crippen LogP) is 2.23. The highest BCUT2D eigenvalue weighted by atomic mass is 19.3. The number of fused-ring (bicyclic) bond motifs is 1. The number of alkyl halides is 2. The number of rotatable bonds is 3. The first-order valence-electron chi connectivity index (χ1n) is 6.85. The van der Waals surface area contributed by atoms with Crippen molar-refractivity contribution in [3.63, 3.8) is 0 Å². The minimum Gasteiger partial charge on any atom is -0.314 e. The average Bonchev–Trinajstić information content (AvgIpc) is 2.79. The summed E-state index contributed by atoms with van der Waals surface area (Å²) in [6.45, 7) is 2.63. The number of imidazole rings is 1. The Morgan fingerprint density at radius 1 is 1.40 bits per heavy atom. The Bertz CT molecular complexity index is 596. The second-order valence-corrected chi connectivity index (χ2v) is 5.19. The Labute approximate surface area is 116 Å². The van der Waals surface area contributed by atoms with Crippen LogP contribution in [0.1, 0.15) is 19.3 Å². The van der Waals surface area contributed by atoms with E-state index in [0.717, 1.165) is 24.2 Å². The lowest BCUT2D eigenvalue weighted by Gasteiger charge is -2.33. The Balaban J connectivity index is 1.95. The molecule has 20 heavy (non-hydrogen) atoms. The maximum atomic E-state index is 13.3. The van der Waals surface area contributed by atoms with Crippen molar-refractivity contribution in [3.8, 4) is 0 Å². The molecule has 2 aromatic rings. The van der Waals surface area contributed by atoms with Crippen molar-refractivity contribution in [1.29, 1.82) is 0 Å². The van der Waals surface area contributed by atoms with E-state index in [-0.39, 0.29) is 0 Å². The average molecular weight is 280 g/mol. The van der Waals surface area contributed by atoms with Crippen molar-refractivity contribution in [3.05, 3.63) is 30.1 Å². The largest absolute Gasteiger partial charge is 0.320 e.